The lowest BCUT2D eigenvalue weighted by Gasteiger charge is -2.72. The normalized spacial score (nSPS) is 53.6. The smallest absolute Gasteiger partial charge is 0.316 e. The molecule has 96 valence electrons. The molecule has 3 fully saturated rings. The van der Waals surface area contributed by atoms with E-state index in [2.05, 4.69) is 20.8 Å². The van der Waals surface area contributed by atoms with Crippen LogP contribution in [0.2, 0.25) is 0 Å². The molecule has 0 radical (unpaired) electrons. The van der Waals surface area contributed by atoms with E-state index in [-0.39, 0.29) is 16.8 Å². The van der Waals surface area contributed by atoms with E-state index in [4.69, 9.17) is 9.47 Å². The largest absolute Gasteiger partial charge is 0.456 e. The zero-order chi connectivity index (χ0) is 12.9. The van der Waals surface area contributed by atoms with Crippen molar-refractivity contribution in [1.82, 2.24) is 0 Å². The highest BCUT2D eigenvalue weighted by molar-refractivity contribution is 5.86. The second-order valence-corrected chi connectivity index (χ2v) is 7.26. The van der Waals surface area contributed by atoms with E-state index in [0.717, 1.165) is 13.0 Å². The molecular weight excluding hydrogens is 216 g/mol. The summed E-state index contributed by atoms with van der Waals surface area (Å²) in [6, 6.07) is 0. The summed E-state index contributed by atoms with van der Waals surface area (Å²) in [6.07, 6.45) is 1.01. The molecular formula is C14H22O3. The van der Waals surface area contributed by atoms with Crippen molar-refractivity contribution in [3.05, 3.63) is 0 Å². The van der Waals surface area contributed by atoms with Crippen LogP contribution in [0.25, 0.3) is 0 Å². The molecule has 3 rings (SSSR count). The highest BCUT2D eigenvalue weighted by Gasteiger charge is 2.93. The average molecular weight is 238 g/mol. The molecule has 1 spiro atoms. The molecule has 0 N–H and O–H groups in total. The molecule has 2 saturated heterocycles. The molecule has 0 unspecified atom stereocenters. The lowest BCUT2D eigenvalue weighted by molar-refractivity contribution is -0.324. The van der Waals surface area contributed by atoms with Gasteiger partial charge in [-0.3, -0.25) is 4.79 Å². The molecule has 0 aromatic rings. The first-order valence-electron chi connectivity index (χ1n) is 6.46. The maximum absolute atomic E-state index is 12.4. The number of cyclic esters (lactones) is 1. The van der Waals surface area contributed by atoms with Crippen LogP contribution < -0.4 is 0 Å². The Kier molecular flexibility index (Phi) is 1.64. The summed E-state index contributed by atoms with van der Waals surface area (Å²) < 4.78 is 11.8. The Hall–Kier alpha value is -0.570. The van der Waals surface area contributed by atoms with Crippen LogP contribution in [0.3, 0.4) is 0 Å². The molecule has 0 aromatic heterocycles. The third kappa shape index (κ3) is 0.692. The summed E-state index contributed by atoms with van der Waals surface area (Å²) in [5, 5.41) is 0. The summed E-state index contributed by atoms with van der Waals surface area (Å²) in [4.78, 5) is 12.4. The van der Waals surface area contributed by atoms with Gasteiger partial charge in [-0.25, -0.2) is 0 Å². The van der Waals surface area contributed by atoms with Crippen molar-refractivity contribution in [1.29, 1.82) is 0 Å². The number of esters is 1. The van der Waals surface area contributed by atoms with Gasteiger partial charge in [0, 0.05) is 12.0 Å². The molecule has 0 aromatic carbocycles. The molecule has 2 heterocycles. The van der Waals surface area contributed by atoms with Crippen LogP contribution in [-0.2, 0) is 14.3 Å². The van der Waals surface area contributed by atoms with Gasteiger partial charge in [0.25, 0.3) is 0 Å². The standard InChI is InChI=1S/C14H22O3/c1-10(2)12(5)7-8-16-14(12)11(3,4)17-9(15)13(10,14)6/h7-8H2,1-6H3/t12-,13-,14-/m1/s1. The quantitative estimate of drug-likeness (QED) is 0.608. The van der Waals surface area contributed by atoms with Gasteiger partial charge in [-0.2, -0.15) is 0 Å². The molecule has 3 heteroatoms. The SMILES string of the molecule is CC1(C)OC(=O)[C@]2(C)C(C)(C)[C@@]3(C)CCO[C@]132. The number of hydrogen-bond acceptors (Lipinski definition) is 3. The lowest BCUT2D eigenvalue weighted by atomic mass is 9.29. The topological polar surface area (TPSA) is 35.5 Å². The highest BCUT2D eigenvalue weighted by atomic mass is 16.6. The van der Waals surface area contributed by atoms with Crippen molar-refractivity contribution in [2.75, 3.05) is 6.61 Å². The summed E-state index contributed by atoms with van der Waals surface area (Å²) in [5.41, 5.74) is -1.56. The van der Waals surface area contributed by atoms with E-state index in [1.165, 1.54) is 0 Å². The van der Waals surface area contributed by atoms with Crippen molar-refractivity contribution in [2.24, 2.45) is 16.2 Å². The van der Waals surface area contributed by atoms with Gasteiger partial charge in [-0.05, 0) is 32.6 Å². The van der Waals surface area contributed by atoms with E-state index in [0.29, 0.717) is 0 Å². The van der Waals surface area contributed by atoms with Gasteiger partial charge in [0.05, 0.1) is 0 Å². The predicted octanol–water partition coefficient (Wildman–Crippen LogP) is 2.53. The number of ether oxygens (including phenoxy) is 2. The van der Waals surface area contributed by atoms with E-state index < -0.39 is 16.6 Å². The Bertz CT molecular complexity index is 425. The van der Waals surface area contributed by atoms with Gasteiger partial charge in [-0.15, -0.1) is 0 Å². The van der Waals surface area contributed by atoms with Gasteiger partial charge in [-0.1, -0.05) is 20.8 Å². The Morgan fingerprint density at radius 2 is 1.65 bits per heavy atom. The molecule has 3 aliphatic rings. The average Bonchev–Trinajstić information content (AvgIpc) is 2.60. The predicted molar refractivity (Wildman–Crippen MR) is 63.5 cm³/mol. The number of carbonyl (C=O) groups is 1. The van der Waals surface area contributed by atoms with Gasteiger partial charge >= 0.3 is 5.97 Å². The summed E-state index contributed by atoms with van der Waals surface area (Å²) in [6.45, 7) is 13.4. The first kappa shape index (κ1) is 11.5. The minimum atomic E-state index is -0.528. The second-order valence-electron chi connectivity index (χ2n) is 7.26. The van der Waals surface area contributed by atoms with E-state index in [1.807, 2.05) is 20.8 Å². The monoisotopic (exact) mass is 238 g/mol. The summed E-state index contributed by atoms with van der Waals surface area (Å²) >= 11 is 0. The minimum Gasteiger partial charge on any atom is -0.456 e. The van der Waals surface area contributed by atoms with Gasteiger partial charge in [0.1, 0.15) is 16.6 Å². The Labute approximate surface area is 103 Å². The zero-order valence-electron chi connectivity index (χ0n) is 11.6. The molecule has 0 amide bonds. The highest BCUT2D eigenvalue weighted by Crippen LogP contribution is 2.83. The molecule has 1 saturated carbocycles. The molecule has 1 aliphatic carbocycles. The van der Waals surface area contributed by atoms with Crippen LogP contribution in [0.4, 0.5) is 0 Å². The first-order chi connectivity index (χ1) is 7.58. The summed E-state index contributed by atoms with van der Waals surface area (Å²) in [5.74, 6) is -0.0909. The second kappa shape index (κ2) is 2.42. The third-order valence-electron chi connectivity index (χ3n) is 6.64. The van der Waals surface area contributed by atoms with E-state index in [1.54, 1.807) is 0 Å². The van der Waals surface area contributed by atoms with E-state index >= 15 is 0 Å². The van der Waals surface area contributed by atoms with Crippen LogP contribution in [-0.4, -0.2) is 23.8 Å². The molecule has 3 atom stereocenters. The van der Waals surface area contributed by atoms with Gasteiger partial charge in [0.2, 0.25) is 0 Å². The maximum atomic E-state index is 12.4. The fourth-order valence-electron chi connectivity index (χ4n) is 5.37. The minimum absolute atomic E-state index is 0.0183. The van der Waals surface area contributed by atoms with Crippen molar-refractivity contribution in [2.45, 2.75) is 59.2 Å². The zero-order valence-corrected chi connectivity index (χ0v) is 11.6. The fraction of sp³-hybridized carbons (Fsp3) is 0.929. The van der Waals surface area contributed by atoms with E-state index in [9.17, 15) is 4.79 Å². The van der Waals surface area contributed by atoms with Crippen LogP contribution in [0.5, 0.6) is 0 Å². The van der Waals surface area contributed by atoms with Crippen molar-refractivity contribution in [3.63, 3.8) is 0 Å². The van der Waals surface area contributed by atoms with Crippen LogP contribution in [0.1, 0.15) is 48.0 Å². The van der Waals surface area contributed by atoms with Crippen molar-refractivity contribution < 1.29 is 14.3 Å². The van der Waals surface area contributed by atoms with Gasteiger partial charge < -0.3 is 9.47 Å². The van der Waals surface area contributed by atoms with Crippen LogP contribution in [0, 0.1) is 16.2 Å². The molecule has 0 bridgehead atoms. The van der Waals surface area contributed by atoms with Crippen molar-refractivity contribution in [3.8, 4) is 0 Å². The maximum Gasteiger partial charge on any atom is 0.316 e. The van der Waals surface area contributed by atoms with Crippen LogP contribution >= 0.6 is 0 Å². The lowest BCUT2D eigenvalue weighted by Crippen LogP contribution is -2.82. The fourth-order valence-corrected chi connectivity index (χ4v) is 5.37. The molecule has 2 aliphatic heterocycles. The van der Waals surface area contributed by atoms with Crippen molar-refractivity contribution >= 4 is 5.97 Å². The Morgan fingerprint density at radius 1 is 1.06 bits per heavy atom. The first-order valence-corrected chi connectivity index (χ1v) is 6.46. The van der Waals surface area contributed by atoms with Crippen LogP contribution in [0.15, 0.2) is 0 Å². The summed E-state index contributed by atoms with van der Waals surface area (Å²) in [7, 11) is 0. The third-order valence-corrected chi connectivity index (χ3v) is 6.64. The Balaban J connectivity index is 2.30. The molecule has 3 nitrogen and oxygen atoms in total. The van der Waals surface area contributed by atoms with Gasteiger partial charge in [0.15, 0.2) is 0 Å². The number of rotatable bonds is 0. The molecule has 17 heavy (non-hydrogen) atoms. The Morgan fingerprint density at radius 3 is 2.24 bits per heavy atom. The number of carbonyl (C=O) groups excluding carboxylic acids is 1. The number of hydrogen-bond donors (Lipinski definition) is 0.